The van der Waals surface area contributed by atoms with E-state index in [4.69, 9.17) is 5.73 Å². The van der Waals surface area contributed by atoms with Gasteiger partial charge in [-0.3, -0.25) is 9.59 Å². The highest BCUT2D eigenvalue weighted by Gasteiger charge is 2.13. The van der Waals surface area contributed by atoms with Crippen LogP contribution in [-0.4, -0.2) is 32.0 Å². The summed E-state index contributed by atoms with van der Waals surface area (Å²) in [5.74, 6) is -0.350. The summed E-state index contributed by atoms with van der Waals surface area (Å²) >= 11 is 0. The number of carbonyl (C=O) groups excluding carboxylic acids is 2. The molecule has 8 heteroatoms. The Morgan fingerprint density at radius 1 is 1.12 bits per heavy atom. The molecule has 2 amide bonds. The maximum absolute atomic E-state index is 12.2. The third-order valence-electron chi connectivity index (χ3n) is 3.84. The van der Waals surface area contributed by atoms with Crippen LogP contribution in [-0.2, 0) is 11.3 Å². The molecule has 0 saturated carbocycles. The SMILES string of the molecule is C[C@H](NC(=O)Cn1nnc(-c2ccc(C(N)=O)cc2)n1)c1ccccc1. The Balaban J connectivity index is 1.62. The van der Waals surface area contributed by atoms with Crippen molar-refractivity contribution >= 4 is 11.8 Å². The van der Waals surface area contributed by atoms with Crippen molar-refractivity contribution in [1.29, 1.82) is 0 Å². The van der Waals surface area contributed by atoms with E-state index in [1.165, 1.54) is 4.80 Å². The van der Waals surface area contributed by atoms with Gasteiger partial charge in [0.2, 0.25) is 17.6 Å². The van der Waals surface area contributed by atoms with Gasteiger partial charge >= 0.3 is 0 Å². The first-order valence-electron chi connectivity index (χ1n) is 8.05. The van der Waals surface area contributed by atoms with Gasteiger partial charge in [-0.15, -0.1) is 10.2 Å². The zero-order valence-electron chi connectivity index (χ0n) is 14.2. The highest BCUT2D eigenvalue weighted by atomic mass is 16.2. The fraction of sp³-hybridized carbons (Fsp3) is 0.167. The summed E-state index contributed by atoms with van der Waals surface area (Å²) in [6.45, 7) is 1.87. The number of primary amides is 1. The molecule has 26 heavy (non-hydrogen) atoms. The van der Waals surface area contributed by atoms with Crippen molar-refractivity contribution < 1.29 is 9.59 Å². The molecule has 0 spiro atoms. The van der Waals surface area contributed by atoms with Gasteiger partial charge in [0, 0.05) is 11.1 Å². The second-order valence-corrected chi connectivity index (χ2v) is 5.78. The molecule has 2 aromatic carbocycles. The Morgan fingerprint density at radius 2 is 1.81 bits per heavy atom. The third kappa shape index (κ3) is 4.10. The van der Waals surface area contributed by atoms with Crippen LogP contribution in [0.3, 0.4) is 0 Å². The molecule has 0 aliphatic carbocycles. The van der Waals surface area contributed by atoms with Gasteiger partial charge in [-0.2, -0.15) is 4.80 Å². The van der Waals surface area contributed by atoms with E-state index in [0.29, 0.717) is 17.0 Å². The second-order valence-electron chi connectivity index (χ2n) is 5.78. The summed E-state index contributed by atoms with van der Waals surface area (Å²) in [6.07, 6.45) is 0. The number of hydrogen-bond acceptors (Lipinski definition) is 5. The fourth-order valence-corrected chi connectivity index (χ4v) is 2.45. The standard InChI is InChI=1S/C18H18N6O2/c1-12(13-5-3-2-4-6-13)20-16(25)11-24-22-18(21-23-24)15-9-7-14(8-10-15)17(19)26/h2-10,12H,11H2,1H3,(H2,19,26)(H,20,25)/t12-/m0/s1. The third-order valence-corrected chi connectivity index (χ3v) is 3.84. The molecule has 0 aliphatic heterocycles. The average Bonchev–Trinajstić information content (AvgIpc) is 3.10. The van der Waals surface area contributed by atoms with Gasteiger partial charge in [0.15, 0.2) is 0 Å². The van der Waals surface area contributed by atoms with Crippen molar-refractivity contribution in [2.45, 2.75) is 19.5 Å². The molecule has 132 valence electrons. The maximum Gasteiger partial charge on any atom is 0.248 e. The number of carbonyl (C=O) groups is 2. The zero-order chi connectivity index (χ0) is 18.5. The summed E-state index contributed by atoms with van der Waals surface area (Å²) in [4.78, 5) is 24.5. The molecule has 0 radical (unpaired) electrons. The molecule has 3 N–H and O–H groups in total. The molecule has 0 saturated heterocycles. The van der Waals surface area contributed by atoms with E-state index in [1.807, 2.05) is 37.3 Å². The van der Waals surface area contributed by atoms with Crippen molar-refractivity contribution in [3.63, 3.8) is 0 Å². The van der Waals surface area contributed by atoms with Crippen molar-refractivity contribution in [3.8, 4) is 11.4 Å². The highest BCUT2D eigenvalue weighted by Crippen LogP contribution is 2.14. The van der Waals surface area contributed by atoms with Gasteiger partial charge in [0.25, 0.3) is 0 Å². The number of nitrogens with one attached hydrogen (secondary N) is 1. The van der Waals surface area contributed by atoms with Crippen LogP contribution in [0, 0.1) is 0 Å². The van der Waals surface area contributed by atoms with Crippen LogP contribution < -0.4 is 11.1 Å². The smallest absolute Gasteiger partial charge is 0.248 e. The van der Waals surface area contributed by atoms with Crippen LogP contribution in [0.1, 0.15) is 28.9 Å². The fourth-order valence-electron chi connectivity index (χ4n) is 2.45. The van der Waals surface area contributed by atoms with Crippen molar-refractivity contribution in [3.05, 3.63) is 65.7 Å². The normalized spacial score (nSPS) is 11.7. The van der Waals surface area contributed by atoms with Gasteiger partial charge in [-0.1, -0.05) is 42.5 Å². The number of benzene rings is 2. The first-order valence-corrected chi connectivity index (χ1v) is 8.05. The molecule has 0 aliphatic rings. The van der Waals surface area contributed by atoms with Crippen LogP contribution in [0.2, 0.25) is 0 Å². The minimum atomic E-state index is -0.502. The second kappa shape index (κ2) is 7.56. The maximum atomic E-state index is 12.2. The molecule has 1 atom stereocenters. The number of amides is 2. The summed E-state index contributed by atoms with van der Waals surface area (Å²) in [5.41, 5.74) is 7.31. The van der Waals surface area contributed by atoms with Gasteiger partial charge in [0.1, 0.15) is 6.54 Å². The summed E-state index contributed by atoms with van der Waals surface area (Å²) in [7, 11) is 0. The minimum absolute atomic E-state index is 0.0382. The Kier molecular flexibility index (Phi) is 5.02. The van der Waals surface area contributed by atoms with Gasteiger partial charge in [0.05, 0.1) is 6.04 Å². The molecule has 0 fully saturated rings. The van der Waals surface area contributed by atoms with Crippen LogP contribution in [0.15, 0.2) is 54.6 Å². The summed E-state index contributed by atoms with van der Waals surface area (Å²) < 4.78 is 0. The number of hydrogen-bond donors (Lipinski definition) is 2. The Hall–Kier alpha value is -3.55. The quantitative estimate of drug-likeness (QED) is 0.695. The monoisotopic (exact) mass is 350 g/mol. The molecule has 0 unspecified atom stereocenters. The van der Waals surface area contributed by atoms with E-state index in [2.05, 4.69) is 20.7 Å². The first kappa shape index (κ1) is 17.3. The van der Waals surface area contributed by atoms with Crippen molar-refractivity contribution in [2.75, 3.05) is 0 Å². The molecular weight excluding hydrogens is 332 g/mol. The topological polar surface area (TPSA) is 116 Å². The molecule has 8 nitrogen and oxygen atoms in total. The van der Waals surface area contributed by atoms with Gasteiger partial charge < -0.3 is 11.1 Å². The predicted molar refractivity (Wildman–Crippen MR) is 94.8 cm³/mol. The van der Waals surface area contributed by atoms with E-state index in [0.717, 1.165) is 5.56 Å². The molecule has 1 aromatic heterocycles. The first-order chi connectivity index (χ1) is 12.5. The number of nitrogens with zero attached hydrogens (tertiary/aromatic N) is 4. The Bertz CT molecular complexity index is 905. The van der Waals surface area contributed by atoms with E-state index in [9.17, 15) is 9.59 Å². The lowest BCUT2D eigenvalue weighted by Gasteiger charge is -2.13. The molecule has 1 heterocycles. The highest BCUT2D eigenvalue weighted by molar-refractivity contribution is 5.93. The molecular formula is C18H18N6O2. The lowest BCUT2D eigenvalue weighted by molar-refractivity contribution is -0.122. The van der Waals surface area contributed by atoms with Crippen molar-refractivity contribution in [2.24, 2.45) is 5.73 Å². The van der Waals surface area contributed by atoms with Gasteiger partial charge in [-0.05, 0) is 29.8 Å². The van der Waals surface area contributed by atoms with Gasteiger partial charge in [-0.25, -0.2) is 0 Å². The van der Waals surface area contributed by atoms with E-state index < -0.39 is 5.91 Å². The van der Waals surface area contributed by atoms with E-state index in [1.54, 1.807) is 24.3 Å². The number of aromatic nitrogens is 4. The minimum Gasteiger partial charge on any atom is -0.366 e. The van der Waals surface area contributed by atoms with Crippen LogP contribution in [0.5, 0.6) is 0 Å². The summed E-state index contributed by atoms with van der Waals surface area (Å²) in [5, 5.41) is 14.9. The Morgan fingerprint density at radius 3 is 2.46 bits per heavy atom. The van der Waals surface area contributed by atoms with Crippen molar-refractivity contribution in [1.82, 2.24) is 25.5 Å². The number of tetrazole rings is 1. The lowest BCUT2D eigenvalue weighted by Crippen LogP contribution is -2.30. The lowest BCUT2D eigenvalue weighted by atomic mass is 10.1. The van der Waals surface area contributed by atoms with Crippen LogP contribution >= 0.6 is 0 Å². The molecule has 0 bridgehead atoms. The summed E-state index contributed by atoms with van der Waals surface area (Å²) in [6, 6.07) is 16.1. The zero-order valence-corrected chi connectivity index (χ0v) is 14.2. The number of nitrogens with two attached hydrogens (primary N) is 1. The number of rotatable bonds is 6. The molecule has 3 aromatic rings. The molecule has 3 rings (SSSR count). The van der Waals surface area contributed by atoms with E-state index in [-0.39, 0.29) is 18.5 Å². The van der Waals surface area contributed by atoms with Crippen LogP contribution in [0.25, 0.3) is 11.4 Å². The van der Waals surface area contributed by atoms with Crippen LogP contribution in [0.4, 0.5) is 0 Å². The predicted octanol–water partition coefficient (Wildman–Crippen LogP) is 1.32. The Labute approximate surface area is 150 Å². The largest absolute Gasteiger partial charge is 0.366 e. The van der Waals surface area contributed by atoms with E-state index >= 15 is 0 Å². The average molecular weight is 350 g/mol.